The highest BCUT2D eigenvalue weighted by Crippen LogP contribution is 2.36. The first kappa shape index (κ1) is 20.0. The molecule has 0 saturated heterocycles. The van der Waals surface area contributed by atoms with Crippen LogP contribution in [0.5, 0.6) is 0 Å². The van der Waals surface area contributed by atoms with Crippen LogP contribution in [0.3, 0.4) is 0 Å². The van der Waals surface area contributed by atoms with Crippen LogP contribution in [-0.2, 0) is 6.54 Å². The van der Waals surface area contributed by atoms with Gasteiger partial charge in [-0.15, -0.1) is 0 Å². The van der Waals surface area contributed by atoms with Gasteiger partial charge in [-0.1, -0.05) is 107 Å². The van der Waals surface area contributed by atoms with Crippen molar-refractivity contribution in [2.24, 2.45) is 0 Å². The molecule has 0 bridgehead atoms. The fourth-order valence-electron chi connectivity index (χ4n) is 4.69. The van der Waals surface area contributed by atoms with E-state index in [0.29, 0.717) is 0 Å². The van der Waals surface area contributed by atoms with E-state index in [1.54, 1.807) is 0 Å². The summed E-state index contributed by atoms with van der Waals surface area (Å²) in [6.07, 6.45) is 0. The van der Waals surface area contributed by atoms with Crippen molar-refractivity contribution in [3.05, 3.63) is 131 Å². The number of halogens is 1. The van der Waals surface area contributed by atoms with Gasteiger partial charge < -0.3 is 4.57 Å². The Morgan fingerprint density at radius 2 is 0.970 bits per heavy atom. The molecule has 1 nitrogen and oxygen atoms in total. The van der Waals surface area contributed by atoms with Gasteiger partial charge in [-0.25, -0.2) is 0 Å². The van der Waals surface area contributed by atoms with E-state index >= 15 is 0 Å². The maximum absolute atomic E-state index is 3.74. The molecule has 2 heteroatoms. The molecule has 0 radical (unpaired) electrons. The average Bonchev–Trinajstić information content (AvgIpc) is 3.18. The summed E-state index contributed by atoms with van der Waals surface area (Å²) in [4.78, 5) is 0. The number of rotatable bonds is 4. The lowest BCUT2D eigenvalue weighted by Crippen LogP contribution is -2.00. The minimum atomic E-state index is 0.816. The molecular weight excluding hydrogens is 466 g/mol. The van der Waals surface area contributed by atoms with Gasteiger partial charge in [0.2, 0.25) is 0 Å². The molecule has 0 N–H and O–H groups in total. The van der Waals surface area contributed by atoms with Crippen LogP contribution in [0.15, 0.2) is 126 Å². The number of fused-ring (bicyclic) bond motifs is 3. The molecule has 0 aliphatic carbocycles. The van der Waals surface area contributed by atoms with E-state index < -0.39 is 0 Å². The smallest absolute Gasteiger partial charge is 0.0494 e. The minimum absolute atomic E-state index is 0.816. The zero-order valence-electron chi connectivity index (χ0n) is 18.1. The quantitative estimate of drug-likeness (QED) is 0.233. The largest absolute Gasteiger partial charge is 0.336 e. The van der Waals surface area contributed by atoms with Crippen molar-refractivity contribution in [3.8, 4) is 22.3 Å². The molecular formula is C31H22BrN. The van der Waals surface area contributed by atoms with Gasteiger partial charge in [0.1, 0.15) is 0 Å². The lowest BCUT2D eigenvalue weighted by atomic mass is 10.0. The predicted molar refractivity (Wildman–Crippen MR) is 144 cm³/mol. The molecule has 158 valence electrons. The Morgan fingerprint density at radius 3 is 1.48 bits per heavy atom. The van der Waals surface area contributed by atoms with Crippen LogP contribution >= 0.6 is 15.9 Å². The lowest BCUT2D eigenvalue weighted by Gasteiger charge is -2.10. The van der Waals surface area contributed by atoms with Crippen LogP contribution in [0.2, 0.25) is 0 Å². The standard InChI is InChI=1S/C31H22BrN/c32-29-14-8-7-13-26(29)21-33-30-17-15-24(22-9-3-1-4-10-22)19-27(30)28-20-25(16-18-31(28)33)23-11-5-2-6-12-23/h1-20H,21H2. The van der Waals surface area contributed by atoms with Crippen molar-refractivity contribution in [2.75, 3.05) is 0 Å². The summed E-state index contributed by atoms with van der Waals surface area (Å²) in [5.41, 5.74) is 8.75. The molecule has 6 rings (SSSR count). The Morgan fingerprint density at radius 1 is 0.485 bits per heavy atom. The highest BCUT2D eigenvalue weighted by molar-refractivity contribution is 9.10. The second-order valence-electron chi connectivity index (χ2n) is 8.37. The first-order valence-corrected chi connectivity index (χ1v) is 12.0. The third kappa shape index (κ3) is 3.67. The van der Waals surface area contributed by atoms with Crippen LogP contribution in [0, 0.1) is 0 Å². The third-order valence-electron chi connectivity index (χ3n) is 6.37. The average molecular weight is 488 g/mol. The van der Waals surface area contributed by atoms with E-state index in [0.717, 1.165) is 11.0 Å². The normalized spacial score (nSPS) is 11.3. The Balaban J connectivity index is 1.60. The highest BCUT2D eigenvalue weighted by Gasteiger charge is 2.14. The summed E-state index contributed by atoms with van der Waals surface area (Å²) in [6, 6.07) is 43.5. The monoisotopic (exact) mass is 487 g/mol. The van der Waals surface area contributed by atoms with Crippen LogP contribution in [-0.4, -0.2) is 4.57 Å². The van der Waals surface area contributed by atoms with Gasteiger partial charge in [0.25, 0.3) is 0 Å². The summed E-state index contributed by atoms with van der Waals surface area (Å²) < 4.78 is 3.58. The number of hydrogen-bond donors (Lipinski definition) is 0. The molecule has 1 aromatic heterocycles. The number of hydrogen-bond acceptors (Lipinski definition) is 0. The summed E-state index contributed by atoms with van der Waals surface area (Å²) >= 11 is 3.74. The molecule has 1 heterocycles. The maximum atomic E-state index is 3.74. The third-order valence-corrected chi connectivity index (χ3v) is 7.14. The Labute approximate surface area is 202 Å². The summed E-state index contributed by atoms with van der Waals surface area (Å²) in [5, 5.41) is 2.58. The molecule has 33 heavy (non-hydrogen) atoms. The Kier molecular flexibility index (Phi) is 5.09. The first-order chi connectivity index (χ1) is 16.3. The molecule has 6 aromatic rings. The summed E-state index contributed by atoms with van der Waals surface area (Å²) in [6.45, 7) is 0.816. The van der Waals surface area contributed by atoms with Crippen LogP contribution in [0.4, 0.5) is 0 Å². The number of nitrogens with zero attached hydrogens (tertiary/aromatic N) is 1. The lowest BCUT2D eigenvalue weighted by molar-refractivity contribution is 0.865. The van der Waals surface area contributed by atoms with Crippen LogP contribution in [0.1, 0.15) is 5.56 Å². The molecule has 0 aliphatic heterocycles. The van der Waals surface area contributed by atoms with Crippen molar-refractivity contribution >= 4 is 37.7 Å². The molecule has 0 amide bonds. The Hall–Kier alpha value is -3.62. The second kappa shape index (κ2) is 8.38. The number of benzene rings is 5. The van der Waals surface area contributed by atoms with Gasteiger partial charge in [0.05, 0.1) is 0 Å². The predicted octanol–water partition coefficient (Wildman–Crippen LogP) is 8.94. The van der Waals surface area contributed by atoms with Gasteiger partial charge in [-0.2, -0.15) is 0 Å². The fraction of sp³-hybridized carbons (Fsp3) is 0.0323. The molecule has 0 fully saturated rings. The minimum Gasteiger partial charge on any atom is -0.336 e. The van der Waals surface area contributed by atoms with Crippen molar-refractivity contribution in [1.82, 2.24) is 4.57 Å². The van der Waals surface area contributed by atoms with E-state index in [4.69, 9.17) is 0 Å². The summed E-state index contributed by atoms with van der Waals surface area (Å²) in [5.74, 6) is 0. The molecule has 0 atom stereocenters. The topological polar surface area (TPSA) is 4.93 Å². The summed E-state index contributed by atoms with van der Waals surface area (Å²) in [7, 11) is 0. The van der Waals surface area contributed by atoms with Gasteiger partial charge in [-0.05, 0) is 58.1 Å². The van der Waals surface area contributed by atoms with E-state index in [-0.39, 0.29) is 0 Å². The Bertz CT molecular complexity index is 1480. The molecule has 0 unspecified atom stereocenters. The van der Waals surface area contributed by atoms with Crippen molar-refractivity contribution in [1.29, 1.82) is 0 Å². The fourth-order valence-corrected chi connectivity index (χ4v) is 5.10. The SMILES string of the molecule is Brc1ccccc1Cn1c2ccc(-c3ccccc3)cc2c2cc(-c3ccccc3)ccc21. The molecule has 0 saturated carbocycles. The van der Waals surface area contributed by atoms with Crippen molar-refractivity contribution in [3.63, 3.8) is 0 Å². The number of aromatic nitrogens is 1. The van der Waals surface area contributed by atoms with Gasteiger partial charge in [0.15, 0.2) is 0 Å². The molecule has 0 spiro atoms. The van der Waals surface area contributed by atoms with Crippen LogP contribution in [0.25, 0.3) is 44.1 Å². The maximum Gasteiger partial charge on any atom is 0.0494 e. The van der Waals surface area contributed by atoms with E-state index in [1.165, 1.54) is 49.6 Å². The van der Waals surface area contributed by atoms with Crippen LogP contribution < -0.4 is 0 Å². The molecule has 5 aromatic carbocycles. The van der Waals surface area contributed by atoms with E-state index in [1.807, 2.05) is 0 Å². The molecule has 0 aliphatic rings. The van der Waals surface area contributed by atoms with Gasteiger partial charge in [0, 0.05) is 32.8 Å². The van der Waals surface area contributed by atoms with Gasteiger partial charge >= 0.3 is 0 Å². The zero-order valence-corrected chi connectivity index (χ0v) is 19.7. The van der Waals surface area contributed by atoms with Gasteiger partial charge in [-0.3, -0.25) is 0 Å². The van der Waals surface area contributed by atoms with Crippen molar-refractivity contribution < 1.29 is 0 Å². The first-order valence-electron chi connectivity index (χ1n) is 11.2. The van der Waals surface area contributed by atoms with Crippen molar-refractivity contribution in [2.45, 2.75) is 6.54 Å². The highest BCUT2D eigenvalue weighted by atomic mass is 79.9. The van der Waals surface area contributed by atoms with E-state index in [9.17, 15) is 0 Å². The second-order valence-corrected chi connectivity index (χ2v) is 9.23. The zero-order chi connectivity index (χ0) is 22.2. The van der Waals surface area contributed by atoms with E-state index in [2.05, 4.69) is 142 Å².